The first-order valence-electron chi connectivity index (χ1n) is 9.98. The van der Waals surface area contributed by atoms with Crippen molar-refractivity contribution >= 4 is 40.1 Å². The van der Waals surface area contributed by atoms with Gasteiger partial charge in [-0.1, -0.05) is 17.8 Å². The van der Waals surface area contributed by atoms with Gasteiger partial charge in [0.25, 0.3) is 0 Å². The molecule has 2 aromatic rings. The minimum atomic E-state index is -4.50. The summed E-state index contributed by atoms with van der Waals surface area (Å²) in [5, 5.41) is 2.19. The van der Waals surface area contributed by atoms with E-state index in [0.717, 1.165) is 23.9 Å². The summed E-state index contributed by atoms with van der Waals surface area (Å²) < 4.78 is 44.4. The maximum absolute atomic E-state index is 13.0. The number of rotatable bonds is 6. The Morgan fingerprint density at radius 2 is 1.94 bits per heavy atom. The quantitative estimate of drug-likeness (QED) is 0.646. The molecule has 0 bridgehead atoms. The lowest BCUT2D eigenvalue weighted by Crippen LogP contribution is -2.45. The van der Waals surface area contributed by atoms with Crippen molar-refractivity contribution in [2.75, 3.05) is 18.5 Å². The van der Waals surface area contributed by atoms with Gasteiger partial charge < -0.3 is 10.1 Å². The zero-order valence-corrected chi connectivity index (χ0v) is 18.3. The van der Waals surface area contributed by atoms with Crippen LogP contribution in [0.1, 0.15) is 25.8 Å². The molecular weight excluding hydrogens is 443 g/mol. The second kappa shape index (κ2) is 10.1. The zero-order valence-electron chi connectivity index (χ0n) is 17.5. The Morgan fingerprint density at radius 3 is 2.56 bits per heavy atom. The highest BCUT2D eigenvalue weighted by Gasteiger charge is 2.35. The lowest BCUT2D eigenvalue weighted by atomic mass is 10.2. The van der Waals surface area contributed by atoms with E-state index in [-0.39, 0.29) is 35.6 Å². The first-order chi connectivity index (χ1) is 15.2. The third-order valence-corrected chi connectivity index (χ3v) is 5.77. The summed E-state index contributed by atoms with van der Waals surface area (Å²) in [6.07, 6.45) is -4.54. The van der Waals surface area contributed by atoms with Crippen LogP contribution in [-0.4, -0.2) is 40.3 Å². The molecule has 1 atom stereocenters. The third kappa shape index (κ3) is 5.82. The summed E-state index contributed by atoms with van der Waals surface area (Å²) in [7, 11) is 0. The van der Waals surface area contributed by atoms with Crippen LogP contribution in [0.5, 0.6) is 5.75 Å². The van der Waals surface area contributed by atoms with Gasteiger partial charge in [-0.05, 0) is 56.3 Å². The highest BCUT2D eigenvalue weighted by Crippen LogP contribution is 2.33. The van der Waals surface area contributed by atoms with E-state index in [0.29, 0.717) is 18.0 Å². The normalized spacial score (nSPS) is 18.0. The standard InChI is InChI=1S/C22H22F3N3O3S/c1-3-28-19(29)13-18(20(30)26-15-8-10-17(11-9-15)31-4-2)32-21(28)27-16-7-5-6-14(12-16)22(23,24)25/h5-12,18H,3-4,13H2,1-2H3,(H,26,30). The molecule has 0 spiro atoms. The van der Waals surface area contributed by atoms with E-state index < -0.39 is 17.0 Å². The molecule has 1 fully saturated rings. The van der Waals surface area contributed by atoms with Crippen molar-refractivity contribution in [3.63, 3.8) is 0 Å². The molecule has 3 rings (SSSR count). The molecule has 0 aliphatic carbocycles. The zero-order chi connectivity index (χ0) is 23.3. The Hall–Kier alpha value is -3.01. The van der Waals surface area contributed by atoms with E-state index in [2.05, 4.69) is 10.3 Å². The Labute approximate surface area is 187 Å². The van der Waals surface area contributed by atoms with Crippen molar-refractivity contribution < 1.29 is 27.5 Å². The average Bonchev–Trinajstić information content (AvgIpc) is 2.75. The molecule has 2 aromatic carbocycles. The number of carbonyl (C=O) groups excluding carboxylic acids is 2. The van der Waals surface area contributed by atoms with E-state index in [1.807, 2.05) is 6.92 Å². The van der Waals surface area contributed by atoms with Crippen molar-refractivity contribution in [1.29, 1.82) is 0 Å². The number of amides is 2. The number of aliphatic imine (C=N–C) groups is 1. The van der Waals surface area contributed by atoms with Crippen LogP contribution in [-0.2, 0) is 15.8 Å². The van der Waals surface area contributed by atoms with Gasteiger partial charge in [0.1, 0.15) is 11.0 Å². The molecule has 2 amide bonds. The number of hydrogen-bond donors (Lipinski definition) is 1. The molecule has 10 heteroatoms. The van der Waals surface area contributed by atoms with E-state index in [4.69, 9.17) is 4.74 Å². The van der Waals surface area contributed by atoms with E-state index in [1.165, 1.54) is 17.0 Å². The molecule has 0 aromatic heterocycles. The molecular formula is C22H22F3N3O3S. The molecule has 170 valence electrons. The Bertz CT molecular complexity index is 1010. The lowest BCUT2D eigenvalue weighted by molar-refractivity contribution is -0.137. The average molecular weight is 465 g/mol. The number of benzene rings is 2. The maximum atomic E-state index is 13.0. The number of nitrogens with zero attached hydrogens (tertiary/aromatic N) is 2. The highest BCUT2D eigenvalue weighted by atomic mass is 32.2. The van der Waals surface area contributed by atoms with Gasteiger partial charge in [0, 0.05) is 18.7 Å². The molecule has 0 saturated carbocycles. The van der Waals surface area contributed by atoms with Crippen LogP contribution >= 0.6 is 11.8 Å². The topological polar surface area (TPSA) is 71.0 Å². The van der Waals surface area contributed by atoms with Crippen molar-refractivity contribution in [2.45, 2.75) is 31.7 Å². The molecule has 1 N–H and O–H groups in total. The van der Waals surface area contributed by atoms with Gasteiger partial charge >= 0.3 is 6.18 Å². The number of ether oxygens (including phenoxy) is 1. The van der Waals surface area contributed by atoms with E-state index in [1.54, 1.807) is 31.2 Å². The molecule has 1 saturated heterocycles. The fourth-order valence-corrected chi connectivity index (χ4v) is 4.20. The summed E-state index contributed by atoms with van der Waals surface area (Å²) in [5.41, 5.74) is -0.235. The van der Waals surface area contributed by atoms with Gasteiger partial charge in [-0.25, -0.2) is 4.99 Å². The minimum Gasteiger partial charge on any atom is -0.494 e. The van der Waals surface area contributed by atoms with Crippen molar-refractivity contribution in [2.24, 2.45) is 4.99 Å². The maximum Gasteiger partial charge on any atom is 0.416 e. The van der Waals surface area contributed by atoms with Crippen LogP contribution in [0.4, 0.5) is 24.5 Å². The predicted molar refractivity (Wildman–Crippen MR) is 118 cm³/mol. The van der Waals surface area contributed by atoms with Gasteiger partial charge in [0.05, 0.1) is 17.9 Å². The first-order valence-corrected chi connectivity index (χ1v) is 10.9. The number of hydrogen-bond acceptors (Lipinski definition) is 5. The van der Waals surface area contributed by atoms with Crippen LogP contribution in [0, 0.1) is 0 Å². The molecule has 6 nitrogen and oxygen atoms in total. The molecule has 32 heavy (non-hydrogen) atoms. The van der Waals surface area contributed by atoms with E-state index in [9.17, 15) is 22.8 Å². The lowest BCUT2D eigenvalue weighted by Gasteiger charge is -2.31. The fraction of sp³-hybridized carbons (Fsp3) is 0.318. The number of carbonyl (C=O) groups is 2. The van der Waals surface area contributed by atoms with Gasteiger partial charge in [0.15, 0.2) is 5.17 Å². The minimum absolute atomic E-state index is 0.0387. The SMILES string of the molecule is CCOc1ccc(NC(=O)C2CC(=O)N(CC)C(=Nc3cccc(C(F)(F)F)c3)S2)cc1. The van der Waals surface area contributed by atoms with Crippen LogP contribution < -0.4 is 10.1 Å². The van der Waals surface area contributed by atoms with Crippen molar-refractivity contribution in [3.05, 3.63) is 54.1 Å². The number of amidine groups is 1. The van der Waals surface area contributed by atoms with E-state index >= 15 is 0 Å². The van der Waals surface area contributed by atoms with Gasteiger partial charge in [-0.15, -0.1) is 0 Å². The van der Waals surface area contributed by atoms with Crippen LogP contribution in [0.3, 0.4) is 0 Å². The van der Waals surface area contributed by atoms with Gasteiger partial charge in [-0.3, -0.25) is 14.5 Å². The monoisotopic (exact) mass is 465 g/mol. The Balaban J connectivity index is 1.79. The van der Waals surface area contributed by atoms with Gasteiger partial charge in [-0.2, -0.15) is 13.2 Å². The molecule has 1 heterocycles. The molecule has 1 unspecified atom stereocenters. The molecule has 1 aliphatic rings. The summed E-state index contributed by atoms with van der Waals surface area (Å²) >= 11 is 1.05. The van der Waals surface area contributed by atoms with Crippen LogP contribution in [0.15, 0.2) is 53.5 Å². The van der Waals surface area contributed by atoms with Crippen molar-refractivity contribution in [1.82, 2.24) is 4.90 Å². The number of thioether (sulfide) groups is 1. The highest BCUT2D eigenvalue weighted by molar-refractivity contribution is 8.15. The van der Waals surface area contributed by atoms with Crippen LogP contribution in [0.25, 0.3) is 0 Å². The molecule has 1 aliphatic heterocycles. The summed E-state index contributed by atoms with van der Waals surface area (Å²) in [6, 6.07) is 11.4. The summed E-state index contributed by atoms with van der Waals surface area (Å²) in [4.78, 5) is 31.0. The summed E-state index contributed by atoms with van der Waals surface area (Å²) in [5.74, 6) is -0.0364. The number of anilines is 1. The Morgan fingerprint density at radius 1 is 1.22 bits per heavy atom. The molecule has 0 radical (unpaired) electrons. The van der Waals surface area contributed by atoms with Crippen LogP contribution in [0.2, 0.25) is 0 Å². The Kier molecular flexibility index (Phi) is 7.44. The second-order valence-corrected chi connectivity index (χ2v) is 8.01. The predicted octanol–water partition coefficient (Wildman–Crippen LogP) is 5.08. The largest absolute Gasteiger partial charge is 0.494 e. The second-order valence-electron chi connectivity index (χ2n) is 6.84. The first kappa shape index (κ1) is 23.6. The number of alkyl halides is 3. The smallest absolute Gasteiger partial charge is 0.416 e. The third-order valence-electron chi connectivity index (χ3n) is 4.58. The summed E-state index contributed by atoms with van der Waals surface area (Å²) in [6.45, 7) is 4.41. The van der Waals surface area contributed by atoms with Gasteiger partial charge in [0.2, 0.25) is 11.8 Å². The number of nitrogens with one attached hydrogen (secondary N) is 1. The van der Waals surface area contributed by atoms with Crippen molar-refractivity contribution in [3.8, 4) is 5.75 Å². The fourth-order valence-electron chi connectivity index (χ4n) is 3.04. The number of halogens is 3.